The highest BCUT2D eigenvalue weighted by molar-refractivity contribution is 6.24. The van der Waals surface area contributed by atoms with E-state index in [1.807, 2.05) is 67.4 Å². The minimum Gasteiger partial charge on any atom is -0.294 e. The highest BCUT2D eigenvalue weighted by atomic mass is 15.1. The van der Waals surface area contributed by atoms with Crippen LogP contribution in [0.15, 0.2) is 91.6 Å². The molecule has 0 fully saturated rings. The maximum Gasteiger partial charge on any atom is 0.147 e. The first-order valence-electron chi connectivity index (χ1n) is 10.8. The van der Waals surface area contributed by atoms with Gasteiger partial charge in [-0.2, -0.15) is 0 Å². The van der Waals surface area contributed by atoms with E-state index in [-0.39, 0.29) is 0 Å². The molecular formula is C27H18N6. The zero-order chi connectivity index (χ0) is 21.9. The van der Waals surface area contributed by atoms with Crippen molar-refractivity contribution < 1.29 is 0 Å². The van der Waals surface area contributed by atoms with Gasteiger partial charge in [0.25, 0.3) is 0 Å². The van der Waals surface area contributed by atoms with Crippen LogP contribution in [0, 0.1) is 6.92 Å². The fourth-order valence-corrected chi connectivity index (χ4v) is 4.83. The van der Waals surface area contributed by atoms with Crippen molar-refractivity contribution in [3.05, 3.63) is 97.2 Å². The predicted octanol–water partition coefficient (Wildman–Crippen LogP) is 5.77. The van der Waals surface area contributed by atoms with Gasteiger partial charge in [0.1, 0.15) is 11.5 Å². The van der Waals surface area contributed by atoms with Gasteiger partial charge >= 0.3 is 0 Å². The first kappa shape index (κ1) is 18.0. The standard InChI is InChI=1S/C27H18N6/c1-17-9-13-29-23(14-17)33-22-8-5-11-30-25(22)20-16-31-27-24(26(20)33)19-15-28-12-10-21(19)32(27)18-6-3-2-4-7-18/h2-16H,1H3. The molecule has 33 heavy (non-hydrogen) atoms. The van der Waals surface area contributed by atoms with Gasteiger partial charge in [0.05, 0.1) is 27.5 Å². The summed E-state index contributed by atoms with van der Waals surface area (Å²) in [5.74, 6) is 0.861. The normalized spacial score (nSPS) is 11.8. The summed E-state index contributed by atoms with van der Waals surface area (Å²) in [5.41, 5.74) is 7.11. The molecule has 0 aliphatic carbocycles. The fraction of sp³-hybridized carbons (Fsp3) is 0.0370. The third-order valence-corrected chi connectivity index (χ3v) is 6.20. The summed E-state index contributed by atoms with van der Waals surface area (Å²) >= 11 is 0. The lowest BCUT2D eigenvalue weighted by Crippen LogP contribution is -1.99. The van der Waals surface area contributed by atoms with Crippen LogP contribution in [0.5, 0.6) is 0 Å². The van der Waals surface area contributed by atoms with Crippen LogP contribution in [0.25, 0.3) is 55.4 Å². The molecule has 6 heteroatoms. The SMILES string of the molecule is Cc1ccnc(-n2c3cccnc3c3cnc4c(c5cnccc5n4-c4ccccc4)c32)c1. The van der Waals surface area contributed by atoms with Gasteiger partial charge in [-0.3, -0.25) is 19.1 Å². The monoisotopic (exact) mass is 426 g/mol. The minimum absolute atomic E-state index is 0.861. The predicted molar refractivity (Wildman–Crippen MR) is 131 cm³/mol. The smallest absolute Gasteiger partial charge is 0.147 e. The zero-order valence-electron chi connectivity index (χ0n) is 17.8. The molecule has 6 heterocycles. The molecule has 0 atom stereocenters. The number of benzene rings is 1. The molecule has 0 amide bonds. The van der Waals surface area contributed by atoms with E-state index in [9.17, 15) is 0 Å². The molecule has 0 bridgehead atoms. The van der Waals surface area contributed by atoms with Gasteiger partial charge in [-0.25, -0.2) is 9.97 Å². The van der Waals surface area contributed by atoms with Crippen LogP contribution in [-0.4, -0.2) is 29.1 Å². The molecule has 0 aliphatic heterocycles. The average Bonchev–Trinajstić information content (AvgIpc) is 3.37. The molecule has 0 spiro atoms. The van der Waals surface area contributed by atoms with Gasteiger partial charge in [-0.05, 0) is 55.0 Å². The summed E-state index contributed by atoms with van der Waals surface area (Å²) < 4.78 is 4.40. The number of pyridine rings is 4. The molecule has 6 aromatic heterocycles. The van der Waals surface area contributed by atoms with Crippen LogP contribution in [0.1, 0.15) is 5.56 Å². The van der Waals surface area contributed by atoms with Crippen molar-refractivity contribution in [2.75, 3.05) is 0 Å². The first-order valence-corrected chi connectivity index (χ1v) is 10.8. The van der Waals surface area contributed by atoms with Crippen molar-refractivity contribution in [2.45, 2.75) is 6.92 Å². The number of rotatable bonds is 2. The van der Waals surface area contributed by atoms with Crippen molar-refractivity contribution in [3.63, 3.8) is 0 Å². The molecule has 0 unspecified atom stereocenters. The minimum atomic E-state index is 0.861. The van der Waals surface area contributed by atoms with Gasteiger partial charge < -0.3 is 0 Å². The molecule has 0 saturated heterocycles. The van der Waals surface area contributed by atoms with Crippen molar-refractivity contribution in [2.24, 2.45) is 0 Å². The topological polar surface area (TPSA) is 61.4 Å². The Morgan fingerprint density at radius 3 is 2.48 bits per heavy atom. The molecule has 0 radical (unpaired) electrons. The molecule has 156 valence electrons. The van der Waals surface area contributed by atoms with Gasteiger partial charge in [0, 0.05) is 47.4 Å². The van der Waals surface area contributed by atoms with Crippen molar-refractivity contribution in [3.8, 4) is 11.5 Å². The maximum absolute atomic E-state index is 4.96. The van der Waals surface area contributed by atoms with Crippen LogP contribution in [-0.2, 0) is 0 Å². The molecule has 0 N–H and O–H groups in total. The summed E-state index contributed by atoms with van der Waals surface area (Å²) in [7, 11) is 0. The molecule has 7 aromatic rings. The Hall–Kier alpha value is -4.58. The summed E-state index contributed by atoms with van der Waals surface area (Å²) in [4.78, 5) is 18.9. The molecular weight excluding hydrogens is 408 g/mol. The third kappa shape index (κ3) is 2.49. The lowest BCUT2D eigenvalue weighted by atomic mass is 10.2. The second-order valence-electron chi connectivity index (χ2n) is 8.18. The number of para-hydroxylation sites is 1. The summed E-state index contributed by atoms with van der Waals surface area (Å²) in [6.07, 6.45) is 9.38. The summed E-state index contributed by atoms with van der Waals surface area (Å²) in [5, 5.41) is 3.09. The fourth-order valence-electron chi connectivity index (χ4n) is 4.83. The van der Waals surface area contributed by atoms with Crippen molar-refractivity contribution in [1.29, 1.82) is 0 Å². The highest BCUT2D eigenvalue weighted by Crippen LogP contribution is 2.39. The van der Waals surface area contributed by atoms with Crippen LogP contribution in [0.3, 0.4) is 0 Å². The highest BCUT2D eigenvalue weighted by Gasteiger charge is 2.22. The number of aromatic nitrogens is 6. The second-order valence-corrected chi connectivity index (χ2v) is 8.18. The van der Waals surface area contributed by atoms with Gasteiger partial charge in [0.2, 0.25) is 0 Å². The van der Waals surface area contributed by atoms with E-state index in [1.54, 1.807) is 0 Å². The van der Waals surface area contributed by atoms with Crippen LogP contribution >= 0.6 is 0 Å². The average molecular weight is 426 g/mol. The third-order valence-electron chi connectivity index (χ3n) is 6.20. The van der Waals surface area contributed by atoms with Crippen LogP contribution in [0.4, 0.5) is 0 Å². The van der Waals surface area contributed by atoms with E-state index in [0.29, 0.717) is 0 Å². The second kappa shape index (κ2) is 6.71. The van der Waals surface area contributed by atoms with E-state index in [4.69, 9.17) is 15.0 Å². The largest absolute Gasteiger partial charge is 0.294 e. The summed E-state index contributed by atoms with van der Waals surface area (Å²) in [6, 6.07) is 20.5. The van der Waals surface area contributed by atoms with E-state index in [0.717, 1.165) is 60.9 Å². The lowest BCUT2D eigenvalue weighted by Gasteiger charge is -2.09. The van der Waals surface area contributed by atoms with Gasteiger partial charge in [-0.15, -0.1) is 0 Å². The Bertz CT molecular complexity index is 1830. The quantitative estimate of drug-likeness (QED) is 0.352. The lowest BCUT2D eigenvalue weighted by molar-refractivity contribution is 1.07. The van der Waals surface area contributed by atoms with E-state index < -0.39 is 0 Å². The Balaban J connectivity index is 1.76. The Labute approximate surface area is 188 Å². The number of aryl methyl sites for hydroxylation is 1. The van der Waals surface area contributed by atoms with E-state index >= 15 is 0 Å². The van der Waals surface area contributed by atoms with E-state index in [2.05, 4.69) is 45.3 Å². The van der Waals surface area contributed by atoms with Gasteiger partial charge in [0.15, 0.2) is 0 Å². The van der Waals surface area contributed by atoms with E-state index in [1.165, 1.54) is 0 Å². The molecule has 6 nitrogen and oxygen atoms in total. The Kier molecular flexibility index (Phi) is 3.67. The van der Waals surface area contributed by atoms with Crippen molar-refractivity contribution in [1.82, 2.24) is 29.1 Å². The zero-order valence-corrected chi connectivity index (χ0v) is 17.8. The number of hydrogen-bond acceptors (Lipinski definition) is 4. The Morgan fingerprint density at radius 1 is 0.697 bits per heavy atom. The number of nitrogens with zero attached hydrogens (tertiary/aromatic N) is 6. The molecule has 1 aromatic carbocycles. The number of hydrogen-bond donors (Lipinski definition) is 0. The van der Waals surface area contributed by atoms with Crippen LogP contribution < -0.4 is 0 Å². The molecule has 7 rings (SSSR count). The molecule has 0 saturated carbocycles. The van der Waals surface area contributed by atoms with Crippen LogP contribution in [0.2, 0.25) is 0 Å². The van der Waals surface area contributed by atoms with Crippen molar-refractivity contribution >= 4 is 43.9 Å². The molecule has 0 aliphatic rings. The van der Waals surface area contributed by atoms with Gasteiger partial charge in [-0.1, -0.05) is 18.2 Å². The maximum atomic E-state index is 4.96. The Morgan fingerprint density at radius 2 is 1.61 bits per heavy atom. The first-order chi connectivity index (χ1) is 16.3. The number of fused-ring (bicyclic) bond motifs is 7. The summed E-state index contributed by atoms with van der Waals surface area (Å²) in [6.45, 7) is 2.08.